The summed E-state index contributed by atoms with van der Waals surface area (Å²) in [4.78, 5) is 30.2. The molecule has 30 heavy (non-hydrogen) atoms. The lowest BCUT2D eigenvalue weighted by Crippen LogP contribution is -2.37. The largest absolute Gasteiger partial charge is 0.356 e. The molecule has 0 spiro atoms. The summed E-state index contributed by atoms with van der Waals surface area (Å²) < 4.78 is 1.63. The molecule has 7 nitrogen and oxygen atoms in total. The van der Waals surface area contributed by atoms with Gasteiger partial charge < -0.3 is 4.90 Å². The standard InChI is InChI=1S/C21H22N6OS2/c1-13-19(30-14(2)24-13)17-3-4-18(28)27(25-17)11-15-5-8-26(9-6-15)20-16-7-10-29-21(16)23-12-22-20/h3-4,7,10,12,15H,5-6,8-9,11H2,1-2H3. The Hall–Kier alpha value is -2.65. The molecule has 1 saturated heterocycles. The normalized spacial score (nSPS) is 15.2. The van der Waals surface area contributed by atoms with Crippen molar-refractivity contribution in [1.29, 1.82) is 0 Å². The molecule has 0 amide bonds. The van der Waals surface area contributed by atoms with Crippen molar-refractivity contribution in [1.82, 2.24) is 24.7 Å². The van der Waals surface area contributed by atoms with E-state index in [2.05, 4.69) is 36.4 Å². The molecule has 5 rings (SSSR count). The van der Waals surface area contributed by atoms with Gasteiger partial charge in [-0.3, -0.25) is 4.79 Å². The minimum absolute atomic E-state index is 0.0455. The highest BCUT2D eigenvalue weighted by atomic mass is 32.1. The highest BCUT2D eigenvalue weighted by Crippen LogP contribution is 2.30. The van der Waals surface area contributed by atoms with Gasteiger partial charge in [-0.05, 0) is 50.1 Å². The summed E-state index contributed by atoms with van der Waals surface area (Å²) in [5.74, 6) is 1.44. The van der Waals surface area contributed by atoms with Gasteiger partial charge >= 0.3 is 0 Å². The molecule has 1 aliphatic rings. The quantitative estimate of drug-likeness (QED) is 0.481. The van der Waals surface area contributed by atoms with E-state index in [4.69, 9.17) is 0 Å². The lowest BCUT2D eigenvalue weighted by atomic mass is 9.96. The molecule has 5 heterocycles. The molecule has 0 N–H and O–H groups in total. The fraction of sp³-hybridized carbons (Fsp3) is 0.381. The number of anilines is 1. The Kier molecular flexibility index (Phi) is 5.08. The monoisotopic (exact) mass is 438 g/mol. The van der Waals surface area contributed by atoms with Crippen LogP contribution in [0.25, 0.3) is 20.8 Å². The van der Waals surface area contributed by atoms with Gasteiger partial charge in [-0.1, -0.05) is 0 Å². The number of hydrogen-bond acceptors (Lipinski definition) is 8. The van der Waals surface area contributed by atoms with Gasteiger partial charge in [-0.25, -0.2) is 19.6 Å². The van der Waals surface area contributed by atoms with Crippen LogP contribution in [0.15, 0.2) is 34.7 Å². The van der Waals surface area contributed by atoms with Crippen LogP contribution < -0.4 is 10.5 Å². The maximum atomic E-state index is 12.4. The highest BCUT2D eigenvalue weighted by Gasteiger charge is 2.23. The summed E-state index contributed by atoms with van der Waals surface area (Å²) >= 11 is 3.26. The van der Waals surface area contributed by atoms with Crippen LogP contribution in [0, 0.1) is 19.8 Å². The zero-order valence-electron chi connectivity index (χ0n) is 16.9. The molecule has 0 unspecified atom stereocenters. The molecule has 0 atom stereocenters. The zero-order valence-corrected chi connectivity index (χ0v) is 18.5. The predicted molar refractivity (Wildman–Crippen MR) is 121 cm³/mol. The van der Waals surface area contributed by atoms with Gasteiger partial charge in [-0.2, -0.15) is 5.10 Å². The lowest BCUT2D eigenvalue weighted by Gasteiger charge is -2.33. The Labute approximate surface area is 182 Å². The third kappa shape index (κ3) is 3.63. The molecule has 4 aromatic heterocycles. The van der Waals surface area contributed by atoms with Gasteiger partial charge in [0.25, 0.3) is 5.56 Å². The number of aryl methyl sites for hydroxylation is 2. The third-order valence-electron chi connectivity index (χ3n) is 5.59. The highest BCUT2D eigenvalue weighted by molar-refractivity contribution is 7.16. The van der Waals surface area contributed by atoms with Crippen LogP contribution in [0.2, 0.25) is 0 Å². The second kappa shape index (κ2) is 7.88. The van der Waals surface area contributed by atoms with Crippen molar-refractivity contribution >= 4 is 38.7 Å². The molecule has 0 aromatic carbocycles. The van der Waals surface area contributed by atoms with E-state index in [0.717, 1.165) is 63.2 Å². The Bertz CT molecular complexity index is 1250. The summed E-state index contributed by atoms with van der Waals surface area (Å²) in [6.07, 6.45) is 3.66. The first-order valence-electron chi connectivity index (χ1n) is 10.0. The molecule has 0 saturated carbocycles. The van der Waals surface area contributed by atoms with Crippen molar-refractivity contribution in [3.8, 4) is 10.6 Å². The van der Waals surface area contributed by atoms with Crippen LogP contribution in [0.3, 0.4) is 0 Å². The Morgan fingerprint density at radius 2 is 1.97 bits per heavy atom. The molecular weight excluding hydrogens is 416 g/mol. The molecule has 1 aliphatic heterocycles. The molecule has 0 aliphatic carbocycles. The number of hydrogen-bond donors (Lipinski definition) is 0. The van der Waals surface area contributed by atoms with Crippen LogP contribution in [0.1, 0.15) is 23.5 Å². The van der Waals surface area contributed by atoms with Gasteiger partial charge in [-0.15, -0.1) is 22.7 Å². The number of piperidine rings is 1. The van der Waals surface area contributed by atoms with E-state index in [1.54, 1.807) is 39.7 Å². The first-order valence-corrected chi connectivity index (χ1v) is 11.7. The lowest BCUT2D eigenvalue weighted by molar-refractivity contribution is 0.335. The summed E-state index contributed by atoms with van der Waals surface area (Å²) in [5, 5.41) is 8.87. The molecule has 154 valence electrons. The van der Waals surface area contributed by atoms with E-state index in [-0.39, 0.29) is 5.56 Å². The van der Waals surface area contributed by atoms with Crippen molar-refractivity contribution in [2.45, 2.75) is 33.2 Å². The van der Waals surface area contributed by atoms with Crippen LogP contribution in [0.5, 0.6) is 0 Å². The third-order valence-corrected chi connectivity index (χ3v) is 7.50. The number of fused-ring (bicyclic) bond motifs is 1. The summed E-state index contributed by atoms with van der Waals surface area (Å²) in [5.41, 5.74) is 1.75. The Morgan fingerprint density at radius 1 is 1.13 bits per heavy atom. The van der Waals surface area contributed by atoms with Crippen molar-refractivity contribution in [2.24, 2.45) is 5.92 Å². The van der Waals surface area contributed by atoms with E-state index < -0.39 is 0 Å². The number of nitrogens with zero attached hydrogens (tertiary/aromatic N) is 6. The topological polar surface area (TPSA) is 76.8 Å². The van der Waals surface area contributed by atoms with Crippen LogP contribution in [0.4, 0.5) is 5.82 Å². The fourth-order valence-corrected chi connectivity index (χ4v) is 5.68. The van der Waals surface area contributed by atoms with Gasteiger partial charge in [0.15, 0.2) is 0 Å². The van der Waals surface area contributed by atoms with Crippen molar-refractivity contribution in [3.63, 3.8) is 0 Å². The molecule has 4 aromatic rings. The van der Waals surface area contributed by atoms with Gasteiger partial charge in [0.2, 0.25) is 0 Å². The smallest absolute Gasteiger partial charge is 0.266 e. The van der Waals surface area contributed by atoms with Gasteiger partial charge in [0.05, 0.1) is 21.0 Å². The van der Waals surface area contributed by atoms with E-state index in [9.17, 15) is 4.79 Å². The Morgan fingerprint density at radius 3 is 2.73 bits per heavy atom. The number of rotatable bonds is 4. The summed E-state index contributed by atoms with van der Waals surface area (Å²) in [6.45, 7) is 6.48. The zero-order chi connectivity index (χ0) is 20.7. The Balaban J connectivity index is 1.31. The number of aromatic nitrogens is 5. The van der Waals surface area contributed by atoms with E-state index in [1.165, 1.54) is 0 Å². The maximum absolute atomic E-state index is 12.4. The van der Waals surface area contributed by atoms with Crippen molar-refractivity contribution < 1.29 is 0 Å². The first kappa shape index (κ1) is 19.3. The van der Waals surface area contributed by atoms with E-state index in [0.29, 0.717) is 12.5 Å². The minimum atomic E-state index is -0.0455. The first-order chi connectivity index (χ1) is 14.6. The van der Waals surface area contributed by atoms with E-state index >= 15 is 0 Å². The second-order valence-corrected chi connectivity index (χ2v) is 9.75. The van der Waals surface area contributed by atoms with Crippen LogP contribution in [-0.2, 0) is 6.54 Å². The number of thiophene rings is 1. The van der Waals surface area contributed by atoms with Crippen molar-refractivity contribution in [3.05, 3.63) is 51.0 Å². The molecule has 0 radical (unpaired) electrons. The predicted octanol–water partition coefficient (Wildman–Crippen LogP) is 3.90. The fourth-order valence-electron chi connectivity index (χ4n) is 4.07. The molecular formula is C21H22N6OS2. The summed E-state index contributed by atoms with van der Waals surface area (Å²) in [7, 11) is 0. The average Bonchev–Trinajstić information content (AvgIpc) is 3.36. The number of thiazole rings is 1. The van der Waals surface area contributed by atoms with Crippen LogP contribution in [-0.4, -0.2) is 37.8 Å². The molecule has 9 heteroatoms. The SMILES string of the molecule is Cc1nc(C)c(-c2ccc(=O)n(CC3CCN(c4ncnc5sccc45)CC3)n2)s1. The molecule has 0 bridgehead atoms. The maximum Gasteiger partial charge on any atom is 0.266 e. The van der Waals surface area contributed by atoms with Crippen molar-refractivity contribution in [2.75, 3.05) is 18.0 Å². The minimum Gasteiger partial charge on any atom is -0.356 e. The average molecular weight is 439 g/mol. The van der Waals surface area contributed by atoms with E-state index in [1.807, 2.05) is 19.9 Å². The molecule has 1 fully saturated rings. The summed E-state index contributed by atoms with van der Waals surface area (Å²) in [6, 6.07) is 5.53. The van der Waals surface area contributed by atoms with Gasteiger partial charge in [0.1, 0.15) is 22.7 Å². The van der Waals surface area contributed by atoms with Gasteiger partial charge in [0, 0.05) is 25.7 Å². The van der Waals surface area contributed by atoms with Crippen LogP contribution >= 0.6 is 22.7 Å². The second-order valence-electron chi connectivity index (χ2n) is 7.65.